The van der Waals surface area contributed by atoms with Crippen molar-refractivity contribution < 1.29 is 19.5 Å². The first-order valence-corrected chi connectivity index (χ1v) is 6.32. The number of carbonyl (C=O) groups excluding carboxylic acids is 2. The van der Waals surface area contributed by atoms with Gasteiger partial charge in [0.15, 0.2) is 0 Å². The highest BCUT2D eigenvalue weighted by atomic mass is 16.4. The van der Waals surface area contributed by atoms with E-state index in [1.165, 1.54) is 4.90 Å². The molecule has 3 N–H and O–H groups in total. The highest BCUT2D eigenvalue weighted by molar-refractivity contribution is 6.00. The van der Waals surface area contributed by atoms with Gasteiger partial charge in [0.1, 0.15) is 6.04 Å². The standard InChI is InChI=1S/C14H16N2O4/c1-8-3-2-4-9-10(8)7-16(13(9)18)11(14(19)20)5-6-12(15)17/h2-4,11H,5-7H2,1H3,(H2,15,17)(H,19,20). The molecule has 0 radical (unpaired) electrons. The number of carboxylic acids is 1. The number of carboxylic acid groups (broad SMARTS) is 1. The average Bonchev–Trinajstić information content (AvgIpc) is 2.69. The van der Waals surface area contributed by atoms with E-state index in [0.29, 0.717) is 5.56 Å². The first-order valence-electron chi connectivity index (χ1n) is 6.32. The van der Waals surface area contributed by atoms with Crippen LogP contribution in [0.25, 0.3) is 0 Å². The van der Waals surface area contributed by atoms with E-state index >= 15 is 0 Å². The molecule has 2 amide bonds. The molecule has 1 aromatic rings. The fourth-order valence-electron chi connectivity index (χ4n) is 2.45. The van der Waals surface area contributed by atoms with Crippen LogP contribution in [0.2, 0.25) is 0 Å². The van der Waals surface area contributed by atoms with Crippen molar-refractivity contribution in [3.05, 3.63) is 34.9 Å². The second-order valence-corrected chi connectivity index (χ2v) is 4.89. The number of primary amides is 1. The Labute approximate surface area is 116 Å². The Hall–Kier alpha value is -2.37. The third-order valence-electron chi connectivity index (χ3n) is 3.56. The molecule has 1 aromatic carbocycles. The van der Waals surface area contributed by atoms with E-state index in [1.807, 2.05) is 13.0 Å². The second-order valence-electron chi connectivity index (χ2n) is 4.89. The highest BCUT2D eigenvalue weighted by Gasteiger charge is 2.36. The Morgan fingerprint density at radius 3 is 2.70 bits per heavy atom. The number of aliphatic carboxylic acids is 1. The summed E-state index contributed by atoms with van der Waals surface area (Å²) in [6, 6.07) is 4.32. The van der Waals surface area contributed by atoms with Crippen molar-refractivity contribution in [3.8, 4) is 0 Å². The van der Waals surface area contributed by atoms with E-state index in [9.17, 15) is 19.5 Å². The number of hydrogen-bond acceptors (Lipinski definition) is 3. The molecule has 20 heavy (non-hydrogen) atoms. The van der Waals surface area contributed by atoms with Gasteiger partial charge in [-0.2, -0.15) is 0 Å². The summed E-state index contributed by atoms with van der Waals surface area (Å²) in [5.74, 6) is -2.00. The SMILES string of the molecule is Cc1cccc2c1CN(C(CCC(N)=O)C(=O)O)C2=O. The number of amides is 2. The van der Waals surface area contributed by atoms with E-state index in [1.54, 1.807) is 12.1 Å². The predicted molar refractivity (Wildman–Crippen MR) is 70.9 cm³/mol. The first kappa shape index (κ1) is 14.0. The molecule has 1 atom stereocenters. The van der Waals surface area contributed by atoms with Crippen LogP contribution in [0.4, 0.5) is 0 Å². The summed E-state index contributed by atoms with van der Waals surface area (Å²) in [7, 11) is 0. The summed E-state index contributed by atoms with van der Waals surface area (Å²) in [6.07, 6.45) is -0.0283. The predicted octanol–water partition coefficient (Wildman–Crippen LogP) is 0.670. The zero-order chi connectivity index (χ0) is 14.9. The number of nitrogens with two attached hydrogens (primary N) is 1. The molecule has 1 aliphatic rings. The van der Waals surface area contributed by atoms with Crippen LogP contribution in [-0.2, 0) is 16.1 Å². The summed E-state index contributed by atoms with van der Waals surface area (Å²) >= 11 is 0. The van der Waals surface area contributed by atoms with Crippen LogP contribution < -0.4 is 5.73 Å². The van der Waals surface area contributed by atoms with E-state index in [2.05, 4.69) is 0 Å². The number of benzene rings is 1. The van der Waals surface area contributed by atoms with Crippen LogP contribution in [0.3, 0.4) is 0 Å². The molecule has 106 valence electrons. The van der Waals surface area contributed by atoms with Gasteiger partial charge in [0.05, 0.1) is 0 Å². The third-order valence-corrected chi connectivity index (χ3v) is 3.56. The molecule has 0 aromatic heterocycles. The molecule has 0 bridgehead atoms. The molecule has 0 saturated carbocycles. The van der Waals surface area contributed by atoms with Gasteiger partial charge >= 0.3 is 5.97 Å². The lowest BCUT2D eigenvalue weighted by molar-refractivity contribution is -0.142. The number of carbonyl (C=O) groups is 3. The Bertz CT molecular complexity index is 583. The molecule has 6 nitrogen and oxygen atoms in total. The van der Waals surface area contributed by atoms with E-state index in [-0.39, 0.29) is 25.3 Å². The number of hydrogen-bond donors (Lipinski definition) is 2. The molecule has 0 aliphatic carbocycles. The quantitative estimate of drug-likeness (QED) is 0.825. The van der Waals surface area contributed by atoms with Gasteiger partial charge in [-0.15, -0.1) is 0 Å². The average molecular weight is 276 g/mol. The zero-order valence-electron chi connectivity index (χ0n) is 11.1. The van der Waals surface area contributed by atoms with Crippen LogP contribution >= 0.6 is 0 Å². The van der Waals surface area contributed by atoms with Crippen molar-refractivity contribution >= 4 is 17.8 Å². The van der Waals surface area contributed by atoms with Gasteiger partial charge in [-0.1, -0.05) is 12.1 Å². The maximum Gasteiger partial charge on any atom is 0.326 e. The maximum absolute atomic E-state index is 12.3. The zero-order valence-corrected chi connectivity index (χ0v) is 11.1. The van der Waals surface area contributed by atoms with Gasteiger partial charge in [0.2, 0.25) is 5.91 Å². The lowest BCUT2D eigenvalue weighted by Crippen LogP contribution is -2.42. The second kappa shape index (κ2) is 5.32. The molecular weight excluding hydrogens is 260 g/mol. The topological polar surface area (TPSA) is 101 Å². The van der Waals surface area contributed by atoms with Gasteiger partial charge in [0, 0.05) is 18.5 Å². The van der Waals surface area contributed by atoms with Crippen LogP contribution in [0.1, 0.15) is 34.3 Å². The molecule has 1 aliphatic heterocycles. The summed E-state index contributed by atoms with van der Waals surface area (Å²) < 4.78 is 0. The minimum atomic E-state index is -1.12. The Morgan fingerprint density at radius 1 is 1.45 bits per heavy atom. The van der Waals surface area contributed by atoms with Crippen LogP contribution in [0, 0.1) is 6.92 Å². The molecule has 0 saturated heterocycles. The number of aryl methyl sites for hydroxylation is 1. The fourth-order valence-corrected chi connectivity index (χ4v) is 2.45. The Morgan fingerprint density at radius 2 is 2.15 bits per heavy atom. The molecule has 0 spiro atoms. The van der Waals surface area contributed by atoms with Gasteiger partial charge in [-0.3, -0.25) is 9.59 Å². The largest absolute Gasteiger partial charge is 0.480 e. The van der Waals surface area contributed by atoms with Crippen molar-refractivity contribution in [1.82, 2.24) is 4.90 Å². The summed E-state index contributed by atoms with van der Waals surface area (Å²) in [5.41, 5.74) is 7.39. The fraction of sp³-hybridized carbons (Fsp3) is 0.357. The summed E-state index contributed by atoms with van der Waals surface area (Å²) in [6.45, 7) is 2.14. The molecular formula is C14H16N2O4. The molecule has 6 heteroatoms. The number of rotatable bonds is 5. The van der Waals surface area contributed by atoms with Gasteiger partial charge in [-0.05, 0) is 30.5 Å². The summed E-state index contributed by atoms with van der Waals surface area (Å²) in [5, 5.41) is 9.27. The lowest BCUT2D eigenvalue weighted by Gasteiger charge is -2.23. The molecule has 1 heterocycles. The van der Waals surface area contributed by atoms with E-state index < -0.39 is 17.9 Å². The smallest absolute Gasteiger partial charge is 0.326 e. The minimum Gasteiger partial charge on any atom is -0.480 e. The summed E-state index contributed by atoms with van der Waals surface area (Å²) in [4.78, 5) is 35.7. The molecule has 1 unspecified atom stereocenters. The normalized spacial score (nSPS) is 15.1. The van der Waals surface area contributed by atoms with Crippen molar-refractivity contribution in [2.45, 2.75) is 32.4 Å². The van der Waals surface area contributed by atoms with Gasteiger partial charge in [-0.25, -0.2) is 4.79 Å². The van der Waals surface area contributed by atoms with Crippen molar-refractivity contribution in [3.63, 3.8) is 0 Å². The van der Waals surface area contributed by atoms with Crippen LogP contribution in [0.15, 0.2) is 18.2 Å². The van der Waals surface area contributed by atoms with Crippen molar-refractivity contribution in [1.29, 1.82) is 0 Å². The number of nitrogens with zero attached hydrogens (tertiary/aromatic N) is 1. The monoisotopic (exact) mass is 276 g/mol. The highest BCUT2D eigenvalue weighted by Crippen LogP contribution is 2.28. The Kier molecular flexibility index (Phi) is 3.74. The maximum atomic E-state index is 12.3. The van der Waals surface area contributed by atoms with Crippen molar-refractivity contribution in [2.24, 2.45) is 5.73 Å². The Balaban J connectivity index is 2.25. The third kappa shape index (κ3) is 2.49. The molecule has 0 fully saturated rings. The van der Waals surface area contributed by atoms with Crippen LogP contribution in [0.5, 0.6) is 0 Å². The van der Waals surface area contributed by atoms with E-state index in [0.717, 1.165) is 11.1 Å². The lowest BCUT2D eigenvalue weighted by atomic mass is 10.1. The first-order chi connectivity index (χ1) is 9.41. The van der Waals surface area contributed by atoms with E-state index in [4.69, 9.17) is 5.73 Å². The number of fused-ring (bicyclic) bond motifs is 1. The van der Waals surface area contributed by atoms with Gasteiger partial charge in [0.25, 0.3) is 5.91 Å². The van der Waals surface area contributed by atoms with Gasteiger partial charge < -0.3 is 15.7 Å². The minimum absolute atomic E-state index is 0.0312. The molecule has 2 rings (SSSR count). The van der Waals surface area contributed by atoms with Crippen LogP contribution in [-0.4, -0.2) is 33.8 Å². The van der Waals surface area contributed by atoms with Crippen molar-refractivity contribution in [2.75, 3.05) is 0 Å².